The van der Waals surface area contributed by atoms with Crippen molar-refractivity contribution in [3.63, 3.8) is 0 Å². The first-order valence-electron chi connectivity index (χ1n) is 9.53. The van der Waals surface area contributed by atoms with Crippen LogP contribution in [0.4, 0.5) is 14.9 Å². The molecule has 1 aromatic carbocycles. The maximum atomic E-state index is 14.3. The molecule has 1 heterocycles. The van der Waals surface area contributed by atoms with Gasteiger partial charge in [-0.25, -0.2) is 9.18 Å². The molecule has 2 aliphatic carbocycles. The van der Waals surface area contributed by atoms with E-state index in [2.05, 4.69) is 15.7 Å². The molecule has 2 aromatic rings. The SMILES string of the molecule is CN(C)Cc1cc(F)c(/S(N)=N/C(=O)Nc2c3c(cc4c2CCC4)CCC3)s1. The van der Waals surface area contributed by atoms with Crippen molar-refractivity contribution in [3.05, 3.63) is 45.1 Å². The summed E-state index contributed by atoms with van der Waals surface area (Å²) < 4.78 is 18.7. The van der Waals surface area contributed by atoms with Gasteiger partial charge in [0.1, 0.15) is 10.0 Å². The number of urea groups is 1. The number of nitrogens with zero attached hydrogens (tertiary/aromatic N) is 2. The van der Waals surface area contributed by atoms with E-state index < -0.39 is 16.9 Å². The predicted octanol–water partition coefficient (Wildman–Crippen LogP) is 4.19. The summed E-state index contributed by atoms with van der Waals surface area (Å²) in [6.45, 7) is 0.632. The number of nitrogens with two attached hydrogens (primary N) is 1. The Hall–Kier alpha value is -1.61. The van der Waals surface area contributed by atoms with Crippen molar-refractivity contribution in [2.45, 2.75) is 49.3 Å². The van der Waals surface area contributed by atoms with Crippen LogP contribution in [0.25, 0.3) is 0 Å². The molecule has 3 N–H and O–H groups in total. The molecule has 0 radical (unpaired) electrons. The van der Waals surface area contributed by atoms with E-state index in [1.165, 1.54) is 39.7 Å². The monoisotopic (exact) mass is 420 g/mol. The van der Waals surface area contributed by atoms with Crippen molar-refractivity contribution in [2.24, 2.45) is 9.50 Å². The number of nitrogens with one attached hydrogen (secondary N) is 1. The molecule has 4 rings (SSSR count). The summed E-state index contributed by atoms with van der Waals surface area (Å²) in [6, 6.07) is 3.32. The minimum absolute atomic E-state index is 0.329. The van der Waals surface area contributed by atoms with Crippen LogP contribution in [0.15, 0.2) is 20.7 Å². The number of rotatable bonds is 4. The quantitative estimate of drug-likeness (QED) is 0.779. The first-order chi connectivity index (χ1) is 13.4. The fourth-order valence-electron chi connectivity index (χ4n) is 4.16. The number of carbonyl (C=O) groups is 1. The number of hydrogen-bond donors (Lipinski definition) is 2. The lowest BCUT2D eigenvalue weighted by Gasteiger charge is -2.15. The van der Waals surface area contributed by atoms with Crippen molar-refractivity contribution >= 4 is 33.9 Å². The zero-order valence-corrected chi connectivity index (χ0v) is 17.8. The summed E-state index contributed by atoms with van der Waals surface area (Å²) in [6.07, 6.45) is 6.35. The lowest BCUT2D eigenvalue weighted by Crippen LogP contribution is -2.14. The number of thiophene rings is 1. The Morgan fingerprint density at radius 1 is 1.21 bits per heavy atom. The molecule has 0 spiro atoms. The van der Waals surface area contributed by atoms with Crippen LogP contribution in [0.2, 0.25) is 0 Å². The minimum Gasteiger partial charge on any atom is -0.305 e. The highest BCUT2D eigenvalue weighted by Gasteiger charge is 2.25. The number of aryl methyl sites for hydroxylation is 2. The van der Waals surface area contributed by atoms with Crippen LogP contribution in [0.3, 0.4) is 0 Å². The van der Waals surface area contributed by atoms with Crippen molar-refractivity contribution < 1.29 is 9.18 Å². The van der Waals surface area contributed by atoms with E-state index in [1.54, 1.807) is 0 Å². The van der Waals surface area contributed by atoms with Crippen molar-refractivity contribution in [1.29, 1.82) is 0 Å². The van der Waals surface area contributed by atoms with Crippen LogP contribution in [-0.2, 0) is 43.1 Å². The molecule has 1 unspecified atom stereocenters. The Kier molecular flexibility index (Phi) is 5.64. The van der Waals surface area contributed by atoms with Gasteiger partial charge in [0.25, 0.3) is 0 Å². The molecule has 150 valence electrons. The maximum Gasteiger partial charge on any atom is 0.352 e. The topological polar surface area (TPSA) is 70.7 Å². The number of hydrogen-bond acceptors (Lipinski definition) is 3. The molecule has 0 aliphatic heterocycles. The van der Waals surface area contributed by atoms with Gasteiger partial charge in [0.2, 0.25) is 0 Å². The summed E-state index contributed by atoms with van der Waals surface area (Å²) in [5, 5.41) is 9.07. The molecular formula is C20H25FN4OS2. The summed E-state index contributed by atoms with van der Waals surface area (Å²) >= 11 is 1.28. The van der Waals surface area contributed by atoms with Gasteiger partial charge < -0.3 is 10.2 Å². The van der Waals surface area contributed by atoms with Gasteiger partial charge >= 0.3 is 6.03 Å². The molecular weight excluding hydrogens is 395 g/mol. The number of halogens is 1. The van der Waals surface area contributed by atoms with Crippen LogP contribution in [-0.4, -0.2) is 25.0 Å². The lowest BCUT2D eigenvalue weighted by molar-refractivity contribution is 0.260. The largest absolute Gasteiger partial charge is 0.352 e. The fraction of sp³-hybridized carbons (Fsp3) is 0.450. The highest BCUT2D eigenvalue weighted by Crippen LogP contribution is 2.38. The van der Waals surface area contributed by atoms with Crippen LogP contribution >= 0.6 is 11.3 Å². The zero-order valence-electron chi connectivity index (χ0n) is 16.2. The number of anilines is 1. The van der Waals surface area contributed by atoms with Crippen LogP contribution < -0.4 is 10.5 Å². The second-order valence-electron chi connectivity index (χ2n) is 7.66. The lowest BCUT2D eigenvalue weighted by atomic mass is 9.99. The second kappa shape index (κ2) is 8.02. The van der Waals surface area contributed by atoms with E-state index in [4.69, 9.17) is 5.14 Å². The molecule has 0 saturated heterocycles. The molecule has 2 aliphatic rings. The highest BCUT2D eigenvalue weighted by molar-refractivity contribution is 7.87. The average Bonchev–Trinajstić information content (AvgIpc) is 3.33. The summed E-state index contributed by atoms with van der Waals surface area (Å²) in [7, 11) is 2.55. The molecule has 5 nitrogen and oxygen atoms in total. The van der Waals surface area contributed by atoms with E-state index in [-0.39, 0.29) is 5.82 Å². The number of carbonyl (C=O) groups excluding carboxylic acids is 1. The Morgan fingerprint density at radius 2 is 1.86 bits per heavy atom. The third kappa shape index (κ3) is 3.91. The standard InChI is InChI=1S/C20H25FN4OS2/c1-25(2)11-14-10-17(21)19(27-14)28(22)24-20(26)23-18-15-7-3-5-12(15)9-13-6-4-8-16(13)18/h9-10H,3-8,11H2,1-2H3,(H3,22,23,24,26). The van der Waals surface area contributed by atoms with Crippen LogP contribution in [0.5, 0.6) is 0 Å². The molecule has 2 amide bonds. The van der Waals surface area contributed by atoms with E-state index in [1.807, 2.05) is 19.0 Å². The maximum absolute atomic E-state index is 14.3. The Balaban J connectivity index is 1.58. The highest BCUT2D eigenvalue weighted by atomic mass is 32.2. The second-order valence-corrected chi connectivity index (χ2v) is 10.3. The van der Waals surface area contributed by atoms with Gasteiger partial charge in [0.15, 0.2) is 0 Å². The van der Waals surface area contributed by atoms with Gasteiger partial charge in [-0.05, 0) is 80.9 Å². The molecule has 0 bridgehead atoms. The van der Waals surface area contributed by atoms with Crippen LogP contribution in [0, 0.1) is 5.82 Å². The molecule has 0 fully saturated rings. The van der Waals surface area contributed by atoms with Gasteiger partial charge in [0, 0.05) is 28.0 Å². The average molecular weight is 421 g/mol. The molecule has 28 heavy (non-hydrogen) atoms. The number of benzene rings is 1. The summed E-state index contributed by atoms with van der Waals surface area (Å²) in [5.74, 6) is -0.384. The normalized spacial score (nSPS) is 16.5. The van der Waals surface area contributed by atoms with Crippen LogP contribution in [0.1, 0.15) is 40.0 Å². The van der Waals surface area contributed by atoms with Gasteiger partial charge in [-0.15, -0.1) is 11.3 Å². The van der Waals surface area contributed by atoms with Gasteiger partial charge in [-0.2, -0.15) is 4.36 Å². The Labute approximate surface area is 171 Å². The summed E-state index contributed by atoms with van der Waals surface area (Å²) in [4.78, 5) is 15.4. The van der Waals surface area contributed by atoms with E-state index in [0.717, 1.165) is 49.1 Å². The van der Waals surface area contributed by atoms with E-state index in [0.29, 0.717) is 10.8 Å². The first kappa shape index (κ1) is 19.7. The van der Waals surface area contributed by atoms with Crippen molar-refractivity contribution in [1.82, 2.24) is 4.90 Å². The predicted molar refractivity (Wildman–Crippen MR) is 113 cm³/mol. The fourth-order valence-corrected chi connectivity index (χ4v) is 6.38. The van der Waals surface area contributed by atoms with Crippen molar-refractivity contribution in [3.8, 4) is 0 Å². The van der Waals surface area contributed by atoms with Crippen molar-refractivity contribution in [2.75, 3.05) is 19.4 Å². The molecule has 1 aromatic heterocycles. The number of fused-ring (bicyclic) bond motifs is 2. The Bertz CT molecular complexity index is 935. The van der Waals surface area contributed by atoms with E-state index in [9.17, 15) is 9.18 Å². The third-order valence-corrected chi connectivity index (χ3v) is 7.84. The Morgan fingerprint density at radius 3 is 2.46 bits per heavy atom. The number of amides is 2. The minimum atomic E-state index is -1.30. The zero-order chi connectivity index (χ0) is 19.8. The van der Waals surface area contributed by atoms with Gasteiger partial charge in [0.05, 0.1) is 0 Å². The molecule has 8 heteroatoms. The smallest absolute Gasteiger partial charge is 0.305 e. The van der Waals surface area contributed by atoms with Gasteiger partial charge in [-0.3, -0.25) is 5.14 Å². The van der Waals surface area contributed by atoms with E-state index >= 15 is 0 Å². The summed E-state index contributed by atoms with van der Waals surface area (Å²) in [5.41, 5.74) is 6.13. The van der Waals surface area contributed by atoms with Gasteiger partial charge in [-0.1, -0.05) is 6.07 Å². The third-order valence-electron chi connectivity index (χ3n) is 5.25. The molecule has 0 saturated carbocycles. The molecule has 1 atom stereocenters. The first-order valence-corrected chi connectivity index (χ1v) is 11.6.